The first kappa shape index (κ1) is 28.5. The van der Waals surface area contributed by atoms with Gasteiger partial charge in [0.1, 0.15) is 0 Å². The first-order valence-electron chi connectivity index (χ1n) is 12.6. The number of carboxylic acid groups (broad SMARTS) is 1. The predicted octanol–water partition coefficient (Wildman–Crippen LogP) is 2.42. The number of nitrogens with zero attached hydrogens (tertiary/aromatic N) is 3. The first-order valence-corrected chi connectivity index (χ1v) is 12.6. The summed E-state index contributed by atoms with van der Waals surface area (Å²) in [7, 11) is 1.76. The number of alkyl halides is 2. The molecule has 0 saturated carbocycles. The predicted molar refractivity (Wildman–Crippen MR) is 142 cm³/mol. The fraction of sp³-hybridized carbons (Fsp3) is 0.300. The Kier molecular flexibility index (Phi) is 8.01. The second kappa shape index (κ2) is 11.0. The first-order chi connectivity index (χ1) is 18.1. The number of rotatable bonds is 5. The third kappa shape index (κ3) is 5.11. The monoisotopic (exact) mass is 523 g/mol. The zero-order valence-electron chi connectivity index (χ0n) is 22.7. The molecule has 0 unspecified atom stereocenters. The van der Waals surface area contributed by atoms with Gasteiger partial charge in [0.2, 0.25) is 0 Å². The molecular formula is C30H28F2LiN3O3. The van der Waals surface area contributed by atoms with Crippen molar-refractivity contribution in [2.24, 2.45) is 7.05 Å². The number of hydrogen-bond acceptors (Lipinski definition) is 5. The van der Waals surface area contributed by atoms with E-state index in [9.17, 15) is 23.5 Å². The number of carboxylic acids is 1. The van der Waals surface area contributed by atoms with Crippen LogP contribution in [0.1, 0.15) is 65.4 Å². The second-order valence-electron chi connectivity index (χ2n) is 10.2. The Hall–Kier alpha value is -3.47. The molecule has 0 atom stereocenters. The smallest absolute Gasteiger partial charge is 0.543 e. The van der Waals surface area contributed by atoms with E-state index >= 15 is 0 Å². The van der Waals surface area contributed by atoms with E-state index in [0.717, 1.165) is 34.1 Å². The molecule has 196 valence electrons. The summed E-state index contributed by atoms with van der Waals surface area (Å²) in [6.07, 6.45) is 0.0799. The number of anilines is 2. The normalized spacial score (nSPS) is 13.1. The fourth-order valence-corrected chi connectivity index (χ4v) is 5.28. The van der Waals surface area contributed by atoms with Gasteiger partial charge in [0, 0.05) is 47.6 Å². The van der Waals surface area contributed by atoms with Crippen LogP contribution < -0.4 is 34.4 Å². The minimum atomic E-state index is -2.75. The number of pyridine rings is 2. The van der Waals surface area contributed by atoms with Crippen LogP contribution in [0.5, 0.6) is 0 Å². The molecule has 0 bridgehead atoms. The molecule has 1 aliphatic heterocycles. The average molecular weight is 524 g/mol. The van der Waals surface area contributed by atoms with Crippen molar-refractivity contribution in [3.8, 4) is 11.1 Å². The summed E-state index contributed by atoms with van der Waals surface area (Å²) in [4.78, 5) is 29.8. The number of carbonyl (C=O) groups is 1. The van der Waals surface area contributed by atoms with Gasteiger partial charge in [-0.25, -0.2) is 8.78 Å². The molecule has 0 N–H and O–H groups in total. The Morgan fingerprint density at radius 3 is 2.44 bits per heavy atom. The minimum absolute atomic E-state index is 0. The molecule has 2 aromatic carbocycles. The molecule has 0 amide bonds. The van der Waals surface area contributed by atoms with E-state index in [1.165, 1.54) is 18.3 Å². The topological polar surface area (TPSA) is 78.3 Å². The molecule has 9 heteroatoms. The van der Waals surface area contributed by atoms with Crippen molar-refractivity contribution in [1.29, 1.82) is 0 Å². The van der Waals surface area contributed by atoms with Crippen molar-refractivity contribution in [2.45, 2.75) is 46.0 Å². The van der Waals surface area contributed by atoms with Gasteiger partial charge in [0.15, 0.2) is 0 Å². The Labute approximate surface area is 237 Å². The molecule has 5 rings (SSSR count). The van der Waals surface area contributed by atoms with Crippen molar-refractivity contribution < 1.29 is 37.5 Å². The average Bonchev–Trinajstić information content (AvgIpc) is 2.90. The van der Waals surface area contributed by atoms with Gasteiger partial charge >= 0.3 is 18.9 Å². The standard InChI is InChI=1S/C30H29F2N3O3.Li/c1-16(2)20-12-26-23(10-17(3)29(36)34(26)4)27(13-20)35-9-5-6-18-11-21(22(28(31)32)14-25(18)35)19-7-8-24(30(37)38)33-15-19;/h7-8,10-16,28H,5-6,9H2,1-4H3,(H,37,38);/q;+1/p-1. The molecule has 1 aliphatic rings. The van der Waals surface area contributed by atoms with E-state index in [1.54, 1.807) is 30.7 Å². The van der Waals surface area contributed by atoms with E-state index < -0.39 is 12.4 Å². The van der Waals surface area contributed by atoms with Gasteiger partial charge in [-0.15, -0.1) is 0 Å². The molecule has 39 heavy (non-hydrogen) atoms. The molecule has 6 nitrogen and oxygen atoms in total. The van der Waals surface area contributed by atoms with Crippen molar-refractivity contribution in [3.05, 3.63) is 87.0 Å². The second-order valence-corrected chi connectivity index (χ2v) is 10.2. The van der Waals surface area contributed by atoms with Gasteiger partial charge in [-0.05, 0) is 78.8 Å². The van der Waals surface area contributed by atoms with E-state index in [-0.39, 0.29) is 41.6 Å². The van der Waals surface area contributed by atoms with Crippen molar-refractivity contribution in [2.75, 3.05) is 11.4 Å². The number of aryl methyl sites for hydroxylation is 3. The van der Waals surface area contributed by atoms with Gasteiger partial charge in [-0.2, -0.15) is 0 Å². The summed E-state index contributed by atoms with van der Waals surface area (Å²) in [5, 5.41) is 12.0. The number of carbonyl (C=O) groups excluding carboxylic acids is 1. The van der Waals surface area contributed by atoms with Crippen LogP contribution in [-0.2, 0) is 13.5 Å². The molecule has 3 heterocycles. The van der Waals surface area contributed by atoms with E-state index in [4.69, 9.17) is 0 Å². The number of aromatic carboxylic acids is 1. The maximum absolute atomic E-state index is 14.4. The van der Waals surface area contributed by atoms with Crippen LogP contribution in [0.15, 0.2) is 53.5 Å². The van der Waals surface area contributed by atoms with Gasteiger partial charge in [-0.3, -0.25) is 9.78 Å². The van der Waals surface area contributed by atoms with Crippen molar-refractivity contribution in [1.82, 2.24) is 9.55 Å². The quantitative estimate of drug-likeness (QED) is 0.376. The molecule has 0 radical (unpaired) electrons. The maximum atomic E-state index is 14.4. The molecule has 0 spiro atoms. The third-order valence-electron chi connectivity index (χ3n) is 7.37. The SMILES string of the molecule is Cc1cc2c(N3CCCc4cc(-c5ccc(C(=O)[O-])nc5)c(C(F)F)cc43)cc(C(C)C)cc2n(C)c1=O.[Li+]. The number of halogens is 2. The van der Waals surface area contributed by atoms with Crippen LogP contribution in [0, 0.1) is 6.92 Å². The maximum Gasteiger partial charge on any atom is 1.00 e. The fourth-order valence-electron chi connectivity index (χ4n) is 5.28. The zero-order valence-corrected chi connectivity index (χ0v) is 22.7. The summed E-state index contributed by atoms with van der Waals surface area (Å²) in [5.74, 6) is -1.22. The summed E-state index contributed by atoms with van der Waals surface area (Å²) >= 11 is 0. The third-order valence-corrected chi connectivity index (χ3v) is 7.37. The summed E-state index contributed by atoms with van der Waals surface area (Å²) < 4.78 is 30.5. The van der Waals surface area contributed by atoms with E-state index in [0.29, 0.717) is 35.3 Å². The molecule has 0 aliphatic carbocycles. The van der Waals surface area contributed by atoms with Gasteiger partial charge in [-0.1, -0.05) is 19.9 Å². The van der Waals surface area contributed by atoms with Crippen LogP contribution in [0.2, 0.25) is 0 Å². The summed E-state index contributed by atoms with van der Waals surface area (Å²) in [5.41, 5.74) is 5.29. The van der Waals surface area contributed by atoms with Gasteiger partial charge < -0.3 is 19.4 Å². The number of fused-ring (bicyclic) bond motifs is 2. The Bertz CT molecular complexity index is 1630. The molecular weight excluding hydrogens is 495 g/mol. The Balaban J connectivity index is 0.00000353. The number of aromatic nitrogens is 2. The summed E-state index contributed by atoms with van der Waals surface area (Å²) in [6.45, 7) is 6.60. The molecule has 2 aromatic heterocycles. The van der Waals surface area contributed by atoms with Crippen LogP contribution in [0.25, 0.3) is 22.0 Å². The van der Waals surface area contributed by atoms with Crippen LogP contribution >= 0.6 is 0 Å². The van der Waals surface area contributed by atoms with E-state index in [2.05, 4.69) is 29.8 Å². The minimum Gasteiger partial charge on any atom is -0.543 e. The molecule has 4 aromatic rings. The van der Waals surface area contributed by atoms with Gasteiger partial charge in [0.05, 0.1) is 22.9 Å². The largest absolute Gasteiger partial charge is 1.00 e. The van der Waals surface area contributed by atoms with Crippen LogP contribution in [0.3, 0.4) is 0 Å². The molecule has 0 fully saturated rings. The van der Waals surface area contributed by atoms with Crippen molar-refractivity contribution in [3.63, 3.8) is 0 Å². The number of benzene rings is 2. The zero-order chi connectivity index (χ0) is 27.3. The Morgan fingerprint density at radius 1 is 1.08 bits per heavy atom. The van der Waals surface area contributed by atoms with Crippen molar-refractivity contribution >= 4 is 28.2 Å². The summed E-state index contributed by atoms with van der Waals surface area (Å²) in [6, 6.07) is 12.1. The molecule has 0 saturated heterocycles. The Morgan fingerprint density at radius 2 is 1.82 bits per heavy atom. The van der Waals surface area contributed by atoms with E-state index in [1.807, 2.05) is 12.1 Å². The van der Waals surface area contributed by atoms with Crippen LogP contribution in [0.4, 0.5) is 20.2 Å². The number of hydrogen-bond donors (Lipinski definition) is 0. The van der Waals surface area contributed by atoms with Gasteiger partial charge in [0.25, 0.3) is 12.0 Å². The van der Waals surface area contributed by atoms with Crippen LogP contribution in [-0.4, -0.2) is 22.1 Å².